The van der Waals surface area contributed by atoms with Crippen LogP contribution in [0.25, 0.3) is 0 Å². The van der Waals surface area contributed by atoms with Gasteiger partial charge in [-0.15, -0.1) is 11.3 Å². The van der Waals surface area contributed by atoms with E-state index in [2.05, 4.69) is 10.3 Å². The first kappa shape index (κ1) is 15.2. The average Bonchev–Trinajstić information content (AvgIpc) is 3.12. The van der Waals surface area contributed by atoms with Gasteiger partial charge in [-0.1, -0.05) is 17.8 Å². The number of nitrogens with one attached hydrogen (secondary N) is 1. The summed E-state index contributed by atoms with van der Waals surface area (Å²) < 4.78 is 11.5. The zero-order chi connectivity index (χ0) is 15.5. The molecule has 2 heterocycles. The third-order valence-corrected chi connectivity index (χ3v) is 5.34. The smallest absolute Gasteiger partial charge is 0.233 e. The van der Waals surface area contributed by atoms with Crippen LogP contribution in [0.1, 0.15) is 18.2 Å². The van der Waals surface area contributed by atoms with Crippen molar-refractivity contribution in [1.29, 1.82) is 0 Å². The van der Waals surface area contributed by atoms with Gasteiger partial charge in [0.25, 0.3) is 0 Å². The van der Waals surface area contributed by atoms with E-state index in [1.54, 1.807) is 11.3 Å². The molecule has 22 heavy (non-hydrogen) atoms. The van der Waals surface area contributed by atoms with Crippen molar-refractivity contribution in [2.75, 3.05) is 6.79 Å². The molecular weight excluding hydrogens is 320 g/mol. The number of thiazole rings is 1. The molecule has 1 aromatic carbocycles. The molecule has 5 nitrogen and oxygen atoms in total. The Kier molecular flexibility index (Phi) is 4.54. The Morgan fingerprint density at radius 3 is 3.05 bits per heavy atom. The van der Waals surface area contributed by atoms with E-state index in [1.165, 1.54) is 11.8 Å². The number of carbonyl (C=O) groups excluding carboxylic acids is 1. The zero-order valence-electron chi connectivity index (χ0n) is 12.3. The number of fused-ring (bicyclic) bond motifs is 1. The lowest BCUT2D eigenvalue weighted by molar-refractivity contribution is -0.120. The number of amides is 1. The van der Waals surface area contributed by atoms with Gasteiger partial charge in [0.1, 0.15) is 0 Å². The van der Waals surface area contributed by atoms with E-state index in [9.17, 15) is 4.79 Å². The van der Waals surface area contributed by atoms with Crippen molar-refractivity contribution in [2.24, 2.45) is 0 Å². The highest BCUT2D eigenvalue weighted by Crippen LogP contribution is 2.32. The molecule has 0 spiro atoms. The van der Waals surface area contributed by atoms with Crippen LogP contribution >= 0.6 is 23.1 Å². The summed E-state index contributed by atoms with van der Waals surface area (Å²) in [6.07, 6.45) is 0. The van der Waals surface area contributed by atoms with Crippen molar-refractivity contribution in [2.45, 2.75) is 30.0 Å². The van der Waals surface area contributed by atoms with Crippen LogP contribution in [0.2, 0.25) is 0 Å². The van der Waals surface area contributed by atoms with Crippen LogP contribution in [0.5, 0.6) is 11.5 Å². The van der Waals surface area contributed by atoms with E-state index < -0.39 is 0 Å². The van der Waals surface area contributed by atoms with Crippen molar-refractivity contribution in [3.63, 3.8) is 0 Å². The largest absolute Gasteiger partial charge is 0.454 e. The Hall–Kier alpha value is -1.73. The second kappa shape index (κ2) is 6.58. The fourth-order valence-electron chi connectivity index (χ4n) is 1.98. The first-order chi connectivity index (χ1) is 10.6. The standard InChI is InChI=1S/C15H16N2O3S2/c1-9-7-21-15(17-9)22-10(2)14(18)16-6-11-3-4-12-13(5-11)20-8-19-12/h3-5,7,10H,6,8H2,1-2H3,(H,16,18)/t10-/m1/s1. The highest BCUT2D eigenvalue weighted by atomic mass is 32.2. The molecule has 1 aliphatic rings. The molecule has 2 aromatic rings. The Labute approximate surface area is 137 Å². The summed E-state index contributed by atoms with van der Waals surface area (Å²) in [4.78, 5) is 16.5. The molecule has 0 saturated carbocycles. The second-order valence-corrected chi connectivity index (χ2v) is 7.37. The summed E-state index contributed by atoms with van der Waals surface area (Å²) in [5, 5.41) is 4.74. The maximum absolute atomic E-state index is 12.2. The van der Waals surface area contributed by atoms with Gasteiger partial charge in [0.15, 0.2) is 15.8 Å². The van der Waals surface area contributed by atoms with Crippen LogP contribution in [0.3, 0.4) is 0 Å². The molecule has 0 saturated heterocycles. The third kappa shape index (κ3) is 3.53. The van der Waals surface area contributed by atoms with E-state index in [0.717, 1.165) is 27.1 Å². The van der Waals surface area contributed by atoms with Crippen LogP contribution in [-0.2, 0) is 11.3 Å². The SMILES string of the molecule is Cc1csc(S[C@H](C)C(=O)NCc2ccc3c(c2)OCO3)n1. The van der Waals surface area contributed by atoms with E-state index in [1.807, 2.05) is 37.4 Å². The van der Waals surface area contributed by atoms with E-state index in [-0.39, 0.29) is 18.0 Å². The van der Waals surface area contributed by atoms with Crippen molar-refractivity contribution in [1.82, 2.24) is 10.3 Å². The van der Waals surface area contributed by atoms with Gasteiger partial charge in [-0.3, -0.25) is 4.79 Å². The number of rotatable bonds is 5. The predicted molar refractivity (Wildman–Crippen MR) is 86.6 cm³/mol. The van der Waals surface area contributed by atoms with Gasteiger partial charge >= 0.3 is 0 Å². The number of thioether (sulfide) groups is 1. The number of aryl methyl sites for hydroxylation is 1. The topological polar surface area (TPSA) is 60.5 Å². The van der Waals surface area contributed by atoms with Gasteiger partial charge in [-0.25, -0.2) is 4.98 Å². The number of hydrogen-bond donors (Lipinski definition) is 1. The number of benzene rings is 1. The first-order valence-electron chi connectivity index (χ1n) is 6.87. The molecule has 1 amide bonds. The molecule has 1 aliphatic heterocycles. The fourth-order valence-corrected chi connectivity index (χ4v) is 3.98. The number of nitrogens with zero attached hydrogens (tertiary/aromatic N) is 1. The lowest BCUT2D eigenvalue weighted by Gasteiger charge is -2.10. The van der Waals surface area contributed by atoms with E-state index in [0.29, 0.717) is 6.54 Å². The molecule has 1 atom stereocenters. The van der Waals surface area contributed by atoms with Gasteiger partial charge in [0.05, 0.1) is 5.25 Å². The Morgan fingerprint density at radius 1 is 1.45 bits per heavy atom. The van der Waals surface area contributed by atoms with Crippen molar-refractivity contribution in [3.8, 4) is 11.5 Å². The van der Waals surface area contributed by atoms with E-state index in [4.69, 9.17) is 9.47 Å². The summed E-state index contributed by atoms with van der Waals surface area (Å²) in [5.74, 6) is 1.47. The van der Waals surface area contributed by atoms with Crippen LogP contribution < -0.4 is 14.8 Å². The molecule has 7 heteroatoms. The van der Waals surface area contributed by atoms with Gasteiger partial charge in [0.2, 0.25) is 12.7 Å². The van der Waals surface area contributed by atoms with Crippen LogP contribution in [0.15, 0.2) is 27.9 Å². The number of hydrogen-bond acceptors (Lipinski definition) is 6. The lowest BCUT2D eigenvalue weighted by Crippen LogP contribution is -2.30. The fraction of sp³-hybridized carbons (Fsp3) is 0.333. The summed E-state index contributed by atoms with van der Waals surface area (Å²) in [5.41, 5.74) is 1.97. The molecule has 116 valence electrons. The number of carbonyl (C=O) groups is 1. The normalized spacial score (nSPS) is 13.9. The van der Waals surface area contributed by atoms with Crippen molar-refractivity contribution >= 4 is 29.0 Å². The first-order valence-corrected chi connectivity index (χ1v) is 8.63. The van der Waals surface area contributed by atoms with Crippen molar-refractivity contribution < 1.29 is 14.3 Å². The highest BCUT2D eigenvalue weighted by molar-refractivity contribution is 8.02. The Bertz CT molecular complexity index is 687. The molecule has 0 radical (unpaired) electrons. The molecular formula is C15H16N2O3S2. The molecule has 0 aliphatic carbocycles. The predicted octanol–water partition coefficient (Wildman–Crippen LogP) is 2.98. The van der Waals surface area contributed by atoms with Gasteiger partial charge in [-0.2, -0.15) is 0 Å². The maximum atomic E-state index is 12.2. The molecule has 1 aromatic heterocycles. The summed E-state index contributed by atoms with van der Waals surface area (Å²) in [6, 6.07) is 5.68. The Morgan fingerprint density at radius 2 is 2.27 bits per heavy atom. The molecule has 0 bridgehead atoms. The van der Waals surface area contributed by atoms with Crippen LogP contribution in [-0.4, -0.2) is 22.9 Å². The number of aromatic nitrogens is 1. The molecule has 1 N–H and O–H groups in total. The minimum atomic E-state index is -0.181. The number of ether oxygens (including phenoxy) is 2. The maximum Gasteiger partial charge on any atom is 0.233 e. The monoisotopic (exact) mass is 336 g/mol. The molecule has 3 rings (SSSR count). The van der Waals surface area contributed by atoms with Crippen LogP contribution in [0, 0.1) is 6.92 Å². The minimum absolute atomic E-state index is 0.00415. The minimum Gasteiger partial charge on any atom is -0.454 e. The van der Waals surface area contributed by atoms with Gasteiger partial charge in [0, 0.05) is 17.6 Å². The third-order valence-electron chi connectivity index (χ3n) is 3.15. The zero-order valence-corrected chi connectivity index (χ0v) is 13.9. The quantitative estimate of drug-likeness (QED) is 0.851. The summed E-state index contributed by atoms with van der Waals surface area (Å²) in [7, 11) is 0. The Balaban J connectivity index is 1.53. The van der Waals surface area contributed by atoms with Gasteiger partial charge < -0.3 is 14.8 Å². The molecule has 0 unspecified atom stereocenters. The summed E-state index contributed by atoms with van der Waals surface area (Å²) in [6.45, 7) is 4.56. The summed E-state index contributed by atoms with van der Waals surface area (Å²) >= 11 is 3.04. The second-order valence-electron chi connectivity index (χ2n) is 4.92. The average molecular weight is 336 g/mol. The van der Waals surface area contributed by atoms with Crippen LogP contribution in [0.4, 0.5) is 0 Å². The highest BCUT2D eigenvalue weighted by Gasteiger charge is 2.17. The van der Waals surface area contributed by atoms with Crippen molar-refractivity contribution in [3.05, 3.63) is 34.8 Å². The molecule has 0 fully saturated rings. The van der Waals surface area contributed by atoms with Gasteiger partial charge in [-0.05, 0) is 31.5 Å². The van der Waals surface area contributed by atoms with E-state index >= 15 is 0 Å². The lowest BCUT2D eigenvalue weighted by atomic mass is 10.2.